The van der Waals surface area contributed by atoms with Gasteiger partial charge in [0, 0.05) is 5.39 Å². The number of hydrogen-bond donors (Lipinski definition) is 1. The maximum Gasteiger partial charge on any atom is 0.0706 e. The highest BCUT2D eigenvalue weighted by Crippen LogP contribution is 2.15. The minimum Gasteiger partial charge on any atom is -0.319 e. The molecule has 15 heavy (non-hydrogen) atoms. The van der Waals surface area contributed by atoms with Crippen LogP contribution >= 0.6 is 12.4 Å². The van der Waals surface area contributed by atoms with Gasteiger partial charge in [0.25, 0.3) is 0 Å². The van der Waals surface area contributed by atoms with Crippen molar-refractivity contribution in [1.82, 2.24) is 4.98 Å². The van der Waals surface area contributed by atoms with Gasteiger partial charge in [-0.15, -0.1) is 19.0 Å². The summed E-state index contributed by atoms with van der Waals surface area (Å²) in [6.07, 6.45) is 1.69. The molecule has 2 N–H and O–H groups in total. The number of benzene rings is 1. The van der Waals surface area contributed by atoms with Crippen molar-refractivity contribution in [3.8, 4) is 0 Å². The Morgan fingerprint density at radius 2 is 1.93 bits per heavy atom. The SMILES string of the molecule is C=C[C@@H](N)c1ccc2ccccc2n1.Cl. The molecule has 1 aromatic carbocycles. The van der Waals surface area contributed by atoms with Gasteiger partial charge < -0.3 is 5.73 Å². The summed E-state index contributed by atoms with van der Waals surface area (Å²) in [5.41, 5.74) is 7.64. The Kier molecular flexibility index (Phi) is 3.83. The Hall–Kier alpha value is -1.38. The zero-order valence-electron chi connectivity index (χ0n) is 8.26. The Balaban J connectivity index is 0.00000112. The summed E-state index contributed by atoms with van der Waals surface area (Å²) in [5, 5.41) is 1.13. The quantitative estimate of drug-likeness (QED) is 0.791. The predicted molar refractivity (Wildman–Crippen MR) is 66.1 cm³/mol. The summed E-state index contributed by atoms with van der Waals surface area (Å²) in [6, 6.07) is 11.8. The van der Waals surface area contributed by atoms with Crippen molar-refractivity contribution < 1.29 is 0 Å². The molecule has 0 bridgehead atoms. The maximum absolute atomic E-state index is 5.80. The van der Waals surface area contributed by atoms with E-state index in [-0.39, 0.29) is 18.4 Å². The number of pyridine rings is 1. The smallest absolute Gasteiger partial charge is 0.0706 e. The van der Waals surface area contributed by atoms with Gasteiger partial charge in [0.2, 0.25) is 0 Å². The molecule has 2 rings (SSSR count). The van der Waals surface area contributed by atoms with Crippen LogP contribution in [0.5, 0.6) is 0 Å². The van der Waals surface area contributed by atoms with Crippen molar-refractivity contribution >= 4 is 23.3 Å². The molecule has 0 saturated carbocycles. The van der Waals surface area contributed by atoms with Gasteiger partial charge in [-0.2, -0.15) is 0 Å². The zero-order valence-corrected chi connectivity index (χ0v) is 9.08. The molecule has 1 atom stereocenters. The third-order valence-corrected chi connectivity index (χ3v) is 2.22. The van der Waals surface area contributed by atoms with E-state index in [0.29, 0.717) is 0 Å². The Labute approximate surface area is 95.2 Å². The molecule has 3 heteroatoms. The number of nitrogens with two attached hydrogens (primary N) is 1. The minimum absolute atomic E-state index is 0. The molecule has 0 amide bonds. The third-order valence-electron chi connectivity index (χ3n) is 2.22. The van der Waals surface area contributed by atoms with E-state index in [2.05, 4.69) is 11.6 Å². The lowest BCUT2D eigenvalue weighted by atomic mass is 10.1. The van der Waals surface area contributed by atoms with Crippen LogP contribution in [0, 0.1) is 0 Å². The van der Waals surface area contributed by atoms with Crippen LogP contribution in [0.2, 0.25) is 0 Å². The van der Waals surface area contributed by atoms with Crippen LogP contribution in [0.1, 0.15) is 11.7 Å². The fourth-order valence-electron chi connectivity index (χ4n) is 1.39. The number of nitrogens with zero attached hydrogens (tertiary/aromatic N) is 1. The zero-order chi connectivity index (χ0) is 9.97. The van der Waals surface area contributed by atoms with E-state index < -0.39 is 0 Å². The van der Waals surface area contributed by atoms with Crippen molar-refractivity contribution in [2.24, 2.45) is 5.73 Å². The first-order valence-corrected chi connectivity index (χ1v) is 4.55. The van der Waals surface area contributed by atoms with E-state index in [0.717, 1.165) is 16.6 Å². The van der Waals surface area contributed by atoms with Gasteiger partial charge in [-0.3, -0.25) is 4.98 Å². The van der Waals surface area contributed by atoms with Crippen LogP contribution < -0.4 is 5.73 Å². The lowest BCUT2D eigenvalue weighted by Crippen LogP contribution is -2.08. The molecule has 2 nitrogen and oxygen atoms in total. The number of aromatic nitrogens is 1. The summed E-state index contributed by atoms with van der Waals surface area (Å²) in [7, 11) is 0. The van der Waals surface area contributed by atoms with Crippen LogP contribution in [-0.4, -0.2) is 4.98 Å². The second kappa shape index (κ2) is 4.91. The molecular formula is C12H13ClN2. The summed E-state index contributed by atoms with van der Waals surface area (Å²) in [6.45, 7) is 3.65. The molecule has 0 spiro atoms. The second-order valence-corrected chi connectivity index (χ2v) is 3.19. The van der Waals surface area contributed by atoms with Crippen molar-refractivity contribution in [1.29, 1.82) is 0 Å². The molecule has 0 aliphatic heterocycles. The van der Waals surface area contributed by atoms with Crippen LogP contribution in [0.4, 0.5) is 0 Å². The van der Waals surface area contributed by atoms with Gasteiger partial charge in [0.15, 0.2) is 0 Å². The summed E-state index contributed by atoms with van der Waals surface area (Å²) in [4.78, 5) is 4.45. The molecule has 0 aliphatic carbocycles. The van der Waals surface area contributed by atoms with Crippen LogP contribution in [-0.2, 0) is 0 Å². The molecule has 0 fully saturated rings. The molecule has 0 aliphatic rings. The first-order chi connectivity index (χ1) is 6.81. The molecule has 0 radical (unpaired) electrons. The van der Waals surface area contributed by atoms with E-state index in [9.17, 15) is 0 Å². The number of hydrogen-bond acceptors (Lipinski definition) is 2. The normalized spacial score (nSPS) is 11.8. The number of halogens is 1. The van der Waals surface area contributed by atoms with Crippen molar-refractivity contribution in [3.05, 3.63) is 54.7 Å². The predicted octanol–water partition coefficient (Wildman–Crippen LogP) is 2.84. The number of fused-ring (bicyclic) bond motifs is 1. The van der Waals surface area contributed by atoms with Crippen LogP contribution in [0.15, 0.2) is 49.1 Å². The van der Waals surface area contributed by atoms with Gasteiger partial charge in [-0.25, -0.2) is 0 Å². The van der Waals surface area contributed by atoms with E-state index in [1.54, 1.807) is 6.08 Å². The molecule has 0 saturated heterocycles. The van der Waals surface area contributed by atoms with Crippen molar-refractivity contribution in [2.45, 2.75) is 6.04 Å². The van der Waals surface area contributed by atoms with E-state index in [1.807, 2.05) is 36.4 Å². The molecule has 0 unspecified atom stereocenters. The van der Waals surface area contributed by atoms with Crippen molar-refractivity contribution in [3.63, 3.8) is 0 Å². The highest BCUT2D eigenvalue weighted by Gasteiger charge is 2.02. The highest BCUT2D eigenvalue weighted by atomic mass is 35.5. The van der Waals surface area contributed by atoms with Crippen LogP contribution in [0.3, 0.4) is 0 Å². The molecular weight excluding hydrogens is 208 g/mol. The summed E-state index contributed by atoms with van der Waals surface area (Å²) >= 11 is 0. The molecule has 2 aromatic rings. The van der Waals surface area contributed by atoms with Gasteiger partial charge >= 0.3 is 0 Å². The highest BCUT2D eigenvalue weighted by molar-refractivity contribution is 5.85. The monoisotopic (exact) mass is 220 g/mol. The van der Waals surface area contributed by atoms with Gasteiger partial charge in [0.05, 0.1) is 17.3 Å². The average molecular weight is 221 g/mol. The molecule has 78 valence electrons. The Bertz CT molecular complexity index is 468. The summed E-state index contributed by atoms with van der Waals surface area (Å²) < 4.78 is 0. The Morgan fingerprint density at radius 3 is 2.67 bits per heavy atom. The van der Waals surface area contributed by atoms with Crippen LogP contribution in [0.25, 0.3) is 10.9 Å². The minimum atomic E-state index is -0.181. The number of para-hydroxylation sites is 1. The Morgan fingerprint density at radius 1 is 1.20 bits per heavy atom. The molecule has 1 aromatic heterocycles. The van der Waals surface area contributed by atoms with E-state index >= 15 is 0 Å². The average Bonchev–Trinajstić information content (AvgIpc) is 2.27. The first-order valence-electron chi connectivity index (χ1n) is 4.55. The fraction of sp³-hybridized carbons (Fsp3) is 0.0833. The topological polar surface area (TPSA) is 38.9 Å². The maximum atomic E-state index is 5.80. The fourth-order valence-corrected chi connectivity index (χ4v) is 1.39. The lowest BCUT2D eigenvalue weighted by molar-refractivity contribution is 0.873. The first kappa shape index (κ1) is 11.7. The largest absolute Gasteiger partial charge is 0.319 e. The van der Waals surface area contributed by atoms with Crippen molar-refractivity contribution in [2.75, 3.05) is 0 Å². The molecule has 1 heterocycles. The van der Waals surface area contributed by atoms with Gasteiger partial charge in [0.1, 0.15) is 0 Å². The van der Waals surface area contributed by atoms with Gasteiger partial charge in [-0.1, -0.05) is 30.3 Å². The summed E-state index contributed by atoms with van der Waals surface area (Å²) in [5.74, 6) is 0. The van der Waals surface area contributed by atoms with E-state index in [4.69, 9.17) is 5.73 Å². The number of rotatable bonds is 2. The van der Waals surface area contributed by atoms with E-state index in [1.165, 1.54) is 0 Å². The lowest BCUT2D eigenvalue weighted by Gasteiger charge is -2.06. The van der Waals surface area contributed by atoms with Gasteiger partial charge in [-0.05, 0) is 12.1 Å². The second-order valence-electron chi connectivity index (χ2n) is 3.19. The third kappa shape index (κ3) is 2.35. The standard InChI is InChI=1S/C12H12N2.ClH/c1-2-10(13)12-8-7-9-5-3-4-6-11(9)14-12;/h2-8,10H,1,13H2;1H/t10-;/m1./s1.